The van der Waals surface area contributed by atoms with E-state index in [4.69, 9.17) is 4.74 Å². The van der Waals surface area contributed by atoms with E-state index in [1.807, 2.05) is 22.9 Å². The minimum Gasteiger partial charge on any atom is -0.472 e. The van der Waals surface area contributed by atoms with E-state index in [9.17, 15) is 4.79 Å². The summed E-state index contributed by atoms with van der Waals surface area (Å²) in [6.45, 7) is 0.221. The molecular formula is C11H9N3O2. The van der Waals surface area contributed by atoms with Crippen molar-refractivity contribution in [1.29, 1.82) is 0 Å². The summed E-state index contributed by atoms with van der Waals surface area (Å²) in [4.78, 5) is 15.4. The molecule has 1 aromatic carbocycles. The van der Waals surface area contributed by atoms with Crippen LogP contribution in [0.3, 0.4) is 0 Å². The summed E-state index contributed by atoms with van der Waals surface area (Å²) in [5, 5.41) is 2.61. The van der Waals surface area contributed by atoms with E-state index in [-0.39, 0.29) is 12.6 Å². The van der Waals surface area contributed by atoms with E-state index >= 15 is 0 Å². The number of imidazole rings is 1. The molecule has 5 heteroatoms. The van der Waals surface area contributed by atoms with Gasteiger partial charge in [0.05, 0.1) is 17.6 Å². The Kier molecular flexibility index (Phi) is 1.89. The van der Waals surface area contributed by atoms with E-state index in [0.29, 0.717) is 11.3 Å². The highest BCUT2D eigenvalue weighted by atomic mass is 16.5. The maximum atomic E-state index is 11.5. The lowest BCUT2D eigenvalue weighted by molar-refractivity contribution is 0.0883. The number of hydrogen-bond acceptors (Lipinski definition) is 3. The topological polar surface area (TPSA) is 56.1 Å². The lowest BCUT2D eigenvalue weighted by Crippen LogP contribution is -2.32. The van der Waals surface area contributed by atoms with E-state index in [0.717, 1.165) is 5.69 Å². The van der Waals surface area contributed by atoms with Crippen LogP contribution in [0, 0.1) is 0 Å². The number of amides is 1. The van der Waals surface area contributed by atoms with Gasteiger partial charge in [-0.2, -0.15) is 0 Å². The Hall–Kier alpha value is -2.30. The van der Waals surface area contributed by atoms with Crippen LogP contribution >= 0.6 is 0 Å². The van der Waals surface area contributed by atoms with Crippen LogP contribution in [0.25, 0.3) is 5.69 Å². The van der Waals surface area contributed by atoms with Gasteiger partial charge in [-0.15, -0.1) is 0 Å². The number of carbonyl (C=O) groups is 1. The molecule has 80 valence electrons. The molecule has 0 bridgehead atoms. The standard InChI is InChI=1S/C11H9N3O2/c15-11-9-2-1-8(14-4-3-12-6-14)5-10(9)16-7-13-11/h1-6H,7H2,(H,13,15). The van der Waals surface area contributed by atoms with Gasteiger partial charge in [-0.3, -0.25) is 4.79 Å². The molecule has 3 rings (SSSR count). The fourth-order valence-corrected chi connectivity index (χ4v) is 1.67. The molecule has 0 atom stereocenters. The number of rotatable bonds is 1. The van der Waals surface area contributed by atoms with Crippen LogP contribution in [-0.4, -0.2) is 22.2 Å². The number of fused-ring (bicyclic) bond motifs is 1. The highest BCUT2D eigenvalue weighted by Gasteiger charge is 2.17. The van der Waals surface area contributed by atoms with E-state index in [2.05, 4.69) is 10.3 Å². The lowest BCUT2D eigenvalue weighted by atomic mass is 10.1. The molecule has 1 amide bonds. The first-order valence-corrected chi connectivity index (χ1v) is 4.88. The number of carbonyl (C=O) groups excluding carboxylic acids is 1. The Labute approximate surface area is 91.7 Å². The van der Waals surface area contributed by atoms with Crippen molar-refractivity contribution in [2.24, 2.45) is 0 Å². The second-order valence-corrected chi connectivity index (χ2v) is 3.44. The molecule has 0 saturated heterocycles. The highest BCUT2D eigenvalue weighted by Crippen LogP contribution is 2.24. The maximum absolute atomic E-state index is 11.5. The Morgan fingerprint density at radius 3 is 3.19 bits per heavy atom. The summed E-state index contributed by atoms with van der Waals surface area (Å²) < 4.78 is 7.22. The average molecular weight is 215 g/mol. The molecule has 1 aliphatic heterocycles. The third kappa shape index (κ3) is 1.33. The first-order chi connectivity index (χ1) is 7.84. The molecule has 5 nitrogen and oxygen atoms in total. The molecule has 0 unspecified atom stereocenters. The van der Waals surface area contributed by atoms with Crippen molar-refractivity contribution in [2.45, 2.75) is 0 Å². The zero-order chi connectivity index (χ0) is 11.0. The molecule has 2 aromatic rings. The fourth-order valence-electron chi connectivity index (χ4n) is 1.67. The minimum atomic E-state index is -0.0987. The first kappa shape index (κ1) is 8.96. The van der Waals surface area contributed by atoms with Gasteiger partial charge in [0.25, 0.3) is 5.91 Å². The Morgan fingerprint density at radius 2 is 2.38 bits per heavy atom. The van der Waals surface area contributed by atoms with Crippen molar-refractivity contribution in [1.82, 2.24) is 14.9 Å². The molecule has 0 aliphatic carbocycles. The zero-order valence-corrected chi connectivity index (χ0v) is 8.38. The lowest BCUT2D eigenvalue weighted by Gasteiger charge is -2.18. The third-order valence-corrected chi connectivity index (χ3v) is 2.47. The molecule has 2 heterocycles. The summed E-state index contributed by atoms with van der Waals surface area (Å²) in [5.41, 5.74) is 1.49. The summed E-state index contributed by atoms with van der Waals surface area (Å²) in [5.74, 6) is 0.508. The first-order valence-electron chi connectivity index (χ1n) is 4.88. The number of hydrogen-bond donors (Lipinski definition) is 1. The van der Waals surface area contributed by atoms with Crippen LogP contribution < -0.4 is 10.1 Å². The van der Waals surface area contributed by atoms with Gasteiger partial charge in [0.1, 0.15) is 5.75 Å². The molecular weight excluding hydrogens is 206 g/mol. The molecule has 0 fully saturated rings. The van der Waals surface area contributed by atoms with Crippen LogP contribution in [0.2, 0.25) is 0 Å². The summed E-state index contributed by atoms with van der Waals surface area (Å²) in [7, 11) is 0. The van der Waals surface area contributed by atoms with Gasteiger partial charge in [0.15, 0.2) is 6.73 Å². The van der Waals surface area contributed by atoms with Crippen LogP contribution in [0.5, 0.6) is 5.75 Å². The fraction of sp³-hybridized carbons (Fsp3) is 0.0909. The van der Waals surface area contributed by atoms with E-state index < -0.39 is 0 Å². The van der Waals surface area contributed by atoms with Crippen molar-refractivity contribution in [3.8, 4) is 11.4 Å². The van der Waals surface area contributed by atoms with Gasteiger partial charge in [-0.25, -0.2) is 4.98 Å². The molecule has 0 saturated carbocycles. The average Bonchev–Trinajstić information content (AvgIpc) is 2.82. The van der Waals surface area contributed by atoms with Crippen molar-refractivity contribution in [2.75, 3.05) is 6.73 Å². The van der Waals surface area contributed by atoms with Crippen LogP contribution in [0.4, 0.5) is 0 Å². The van der Waals surface area contributed by atoms with Gasteiger partial charge < -0.3 is 14.6 Å². The van der Waals surface area contributed by atoms with Gasteiger partial charge in [0.2, 0.25) is 0 Å². The molecule has 16 heavy (non-hydrogen) atoms. The normalized spacial score (nSPS) is 13.9. The van der Waals surface area contributed by atoms with E-state index in [1.54, 1.807) is 18.6 Å². The predicted octanol–water partition coefficient (Wildman–Crippen LogP) is 0.952. The quantitative estimate of drug-likeness (QED) is 0.770. The van der Waals surface area contributed by atoms with Crippen molar-refractivity contribution in [3.63, 3.8) is 0 Å². The number of aromatic nitrogens is 2. The molecule has 0 radical (unpaired) electrons. The summed E-state index contributed by atoms with van der Waals surface area (Å²) in [6, 6.07) is 5.43. The van der Waals surface area contributed by atoms with Crippen LogP contribution in [0.15, 0.2) is 36.9 Å². The largest absolute Gasteiger partial charge is 0.472 e. The summed E-state index contributed by atoms with van der Waals surface area (Å²) in [6.07, 6.45) is 5.24. The monoisotopic (exact) mass is 215 g/mol. The third-order valence-electron chi connectivity index (χ3n) is 2.47. The Morgan fingerprint density at radius 1 is 1.44 bits per heavy atom. The smallest absolute Gasteiger partial charge is 0.257 e. The SMILES string of the molecule is O=C1NCOc2cc(-n3ccnc3)ccc21. The van der Waals surface area contributed by atoms with Gasteiger partial charge in [0, 0.05) is 18.5 Å². The van der Waals surface area contributed by atoms with Gasteiger partial charge >= 0.3 is 0 Å². The van der Waals surface area contributed by atoms with Crippen molar-refractivity contribution in [3.05, 3.63) is 42.5 Å². The van der Waals surface area contributed by atoms with Crippen LogP contribution in [0.1, 0.15) is 10.4 Å². The Balaban J connectivity index is 2.08. The Bertz CT molecular complexity index is 534. The van der Waals surface area contributed by atoms with E-state index in [1.165, 1.54) is 0 Å². The molecule has 1 N–H and O–H groups in total. The number of benzene rings is 1. The zero-order valence-electron chi connectivity index (χ0n) is 8.38. The molecule has 0 spiro atoms. The highest BCUT2D eigenvalue weighted by molar-refractivity contribution is 5.97. The second-order valence-electron chi connectivity index (χ2n) is 3.44. The minimum absolute atomic E-state index is 0.0987. The molecule has 1 aromatic heterocycles. The number of nitrogens with zero attached hydrogens (tertiary/aromatic N) is 2. The van der Waals surface area contributed by atoms with Crippen molar-refractivity contribution >= 4 is 5.91 Å². The number of ether oxygens (including phenoxy) is 1. The van der Waals surface area contributed by atoms with Crippen molar-refractivity contribution < 1.29 is 9.53 Å². The maximum Gasteiger partial charge on any atom is 0.257 e. The second kappa shape index (κ2) is 3.37. The molecule has 1 aliphatic rings. The predicted molar refractivity (Wildman–Crippen MR) is 56.5 cm³/mol. The summed E-state index contributed by atoms with van der Waals surface area (Å²) >= 11 is 0. The van der Waals surface area contributed by atoms with Crippen LogP contribution in [-0.2, 0) is 0 Å². The van der Waals surface area contributed by atoms with Gasteiger partial charge in [-0.05, 0) is 12.1 Å². The number of nitrogens with one attached hydrogen (secondary N) is 1. The van der Waals surface area contributed by atoms with Gasteiger partial charge in [-0.1, -0.05) is 0 Å².